The summed E-state index contributed by atoms with van der Waals surface area (Å²) in [6.07, 6.45) is 0. The van der Waals surface area contributed by atoms with Crippen LogP contribution in [0.1, 0.15) is 31.8 Å². The van der Waals surface area contributed by atoms with Crippen LogP contribution in [-0.2, 0) is 4.74 Å². The third-order valence-electron chi connectivity index (χ3n) is 4.76. The highest BCUT2D eigenvalue weighted by molar-refractivity contribution is 6.14. The normalized spacial score (nSPS) is 11.8. The molecule has 4 rings (SSSR count). The molecule has 1 heterocycles. The zero-order valence-corrected chi connectivity index (χ0v) is 17.1. The van der Waals surface area contributed by atoms with Crippen LogP contribution in [0.15, 0.2) is 66.7 Å². The van der Waals surface area contributed by atoms with Gasteiger partial charge in [0.05, 0.1) is 17.2 Å². The number of nitrogens with zero attached hydrogens (tertiary/aromatic N) is 1. The van der Waals surface area contributed by atoms with Gasteiger partial charge in [0.25, 0.3) is 0 Å². The van der Waals surface area contributed by atoms with E-state index in [0.717, 1.165) is 0 Å². The van der Waals surface area contributed by atoms with Crippen molar-refractivity contribution in [1.29, 1.82) is 5.26 Å². The fourth-order valence-corrected chi connectivity index (χ4v) is 3.20. The van der Waals surface area contributed by atoms with E-state index in [9.17, 15) is 9.59 Å². The first-order valence-corrected chi connectivity index (χ1v) is 9.99. The lowest BCUT2D eigenvalue weighted by molar-refractivity contribution is 0.0448. The Balaban J connectivity index is 1.40. The Morgan fingerprint density at radius 2 is 1.59 bits per heavy atom. The standard InChI is InChI=1S/C25H19NO6/c26-16-17-5-8-19(9-6-17)29-11-14-32-25(28)21-4-2-1-3-20(21)24(27)18-7-10-22-23(15-18)31-13-12-30-22/h1-10,15H,11-14H2. The summed E-state index contributed by atoms with van der Waals surface area (Å²) in [5.74, 6) is 0.720. The van der Waals surface area contributed by atoms with Gasteiger partial charge in [-0.1, -0.05) is 18.2 Å². The van der Waals surface area contributed by atoms with Crippen LogP contribution in [0.5, 0.6) is 17.2 Å². The predicted molar refractivity (Wildman–Crippen MR) is 114 cm³/mol. The summed E-state index contributed by atoms with van der Waals surface area (Å²) in [6.45, 7) is 1.02. The molecule has 0 radical (unpaired) electrons. The van der Waals surface area contributed by atoms with E-state index in [1.807, 2.05) is 6.07 Å². The molecule has 7 heteroatoms. The van der Waals surface area contributed by atoms with Crippen molar-refractivity contribution in [3.63, 3.8) is 0 Å². The van der Waals surface area contributed by atoms with Gasteiger partial charge in [0.15, 0.2) is 17.3 Å². The minimum Gasteiger partial charge on any atom is -0.490 e. The van der Waals surface area contributed by atoms with Crippen molar-refractivity contribution in [2.24, 2.45) is 0 Å². The van der Waals surface area contributed by atoms with Crippen molar-refractivity contribution in [3.8, 4) is 23.3 Å². The molecule has 0 unspecified atom stereocenters. The highest BCUT2D eigenvalue weighted by Gasteiger charge is 2.21. The molecule has 0 N–H and O–H groups in total. The van der Waals surface area contributed by atoms with Gasteiger partial charge in [0.1, 0.15) is 32.2 Å². The van der Waals surface area contributed by atoms with E-state index in [4.69, 9.17) is 24.2 Å². The molecule has 1 aliphatic heterocycles. The molecule has 32 heavy (non-hydrogen) atoms. The van der Waals surface area contributed by atoms with E-state index < -0.39 is 5.97 Å². The molecule has 160 valence electrons. The van der Waals surface area contributed by atoms with Gasteiger partial charge in [-0.05, 0) is 48.5 Å². The Kier molecular flexibility index (Phi) is 6.33. The molecule has 3 aromatic carbocycles. The molecular weight excluding hydrogens is 410 g/mol. The first kappa shape index (κ1) is 20.9. The van der Waals surface area contributed by atoms with E-state index in [1.54, 1.807) is 66.7 Å². The monoisotopic (exact) mass is 429 g/mol. The maximum Gasteiger partial charge on any atom is 0.339 e. The quantitative estimate of drug-likeness (QED) is 0.320. The maximum absolute atomic E-state index is 13.1. The first-order chi connectivity index (χ1) is 15.7. The second-order valence-electron chi connectivity index (χ2n) is 6.85. The van der Waals surface area contributed by atoms with Crippen molar-refractivity contribution in [3.05, 3.63) is 89.0 Å². The molecule has 0 atom stereocenters. The number of hydrogen-bond donors (Lipinski definition) is 0. The van der Waals surface area contributed by atoms with Gasteiger partial charge in [-0.15, -0.1) is 0 Å². The molecule has 0 saturated heterocycles. The van der Waals surface area contributed by atoms with Crippen LogP contribution >= 0.6 is 0 Å². The van der Waals surface area contributed by atoms with Crippen LogP contribution in [0, 0.1) is 11.3 Å². The molecule has 0 amide bonds. The number of carbonyl (C=O) groups is 2. The minimum atomic E-state index is -0.616. The fourth-order valence-electron chi connectivity index (χ4n) is 3.20. The van der Waals surface area contributed by atoms with Gasteiger partial charge in [0.2, 0.25) is 0 Å². The molecule has 1 aliphatic rings. The third-order valence-corrected chi connectivity index (χ3v) is 4.76. The van der Waals surface area contributed by atoms with Gasteiger partial charge >= 0.3 is 5.97 Å². The molecule has 0 spiro atoms. The molecule has 3 aromatic rings. The molecular formula is C25H19NO6. The number of ketones is 1. The highest BCUT2D eigenvalue weighted by atomic mass is 16.6. The summed E-state index contributed by atoms with van der Waals surface area (Å²) in [5, 5.41) is 8.81. The number of carbonyl (C=O) groups excluding carboxylic acids is 2. The number of benzene rings is 3. The zero-order valence-electron chi connectivity index (χ0n) is 17.1. The van der Waals surface area contributed by atoms with Gasteiger partial charge in [-0.3, -0.25) is 4.79 Å². The van der Waals surface area contributed by atoms with Crippen molar-refractivity contribution < 1.29 is 28.5 Å². The Bertz CT molecular complexity index is 1180. The highest BCUT2D eigenvalue weighted by Crippen LogP contribution is 2.31. The summed E-state index contributed by atoms with van der Waals surface area (Å²) >= 11 is 0. The maximum atomic E-state index is 13.1. The summed E-state index contributed by atoms with van der Waals surface area (Å²) in [6, 6.07) is 20.1. The van der Waals surface area contributed by atoms with Crippen molar-refractivity contribution in [2.45, 2.75) is 0 Å². The van der Waals surface area contributed by atoms with Gasteiger partial charge in [-0.2, -0.15) is 5.26 Å². The number of ether oxygens (including phenoxy) is 4. The SMILES string of the molecule is N#Cc1ccc(OCCOC(=O)c2ccccc2C(=O)c2ccc3c(c2)OCCO3)cc1. The molecule has 0 fully saturated rings. The first-order valence-electron chi connectivity index (χ1n) is 9.99. The number of fused-ring (bicyclic) bond motifs is 1. The van der Waals surface area contributed by atoms with E-state index in [0.29, 0.717) is 41.6 Å². The van der Waals surface area contributed by atoms with Crippen LogP contribution < -0.4 is 14.2 Å². The number of rotatable bonds is 7. The van der Waals surface area contributed by atoms with Crippen LogP contribution in [0.3, 0.4) is 0 Å². The summed E-state index contributed by atoms with van der Waals surface area (Å²) < 4.78 is 21.8. The zero-order chi connectivity index (χ0) is 22.3. The Morgan fingerprint density at radius 1 is 0.875 bits per heavy atom. The Morgan fingerprint density at radius 3 is 2.34 bits per heavy atom. The van der Waals surface area contributed by atoms with Gasteiger partial charge < -0.3 is 18.9 Å². The van der Waals surface area contributed by atoms with Gasteiger partial charge in [-0.25, -0.2) is 4.79 Å². The predicted octanol–water partition coefficient (Wildman–Crippen LogP) is 3.80. The average molecular weight is 429 g/mol. The fraction of sp³-hybridized carbons (Fsp3) is 0.160. The molecule has 0 bridgehead atoms. The van der Waals surface area contributed by atoms with E-state index in [2.05, 4.69) is 0 Å². The summed E-state index contributed by atoms with van der Waals surface area (Å²) in [4.78, 5) is 25.7. The van der Waals surface area contributed by atoms with E-state index >= 15 is 0 Å². The Hall–Kier alpha value is -4.31. The lowest BCUT2D eigenvalue weighted by atomic mass is 9.98. The number of hydrogen-bond acceptors (Lipinski definition) is 7. The average Bonchev–Trinajstić information content (AvgIpc) is 2.86. The number of esters is 1. The third kappa shape index (κ3) is 4.71. The van der Waals surface area contributed by atoms with E-state index in [-0.39, 0.29) is 30.1 Å². The summed E-state index contributed by atoms with van der Waals surface area (Å²) in [7, 11) is 0. The Labute approximate surface area is 184 Å². The molecule has 7 nitrogen and oxygen atoms in total. The molecule has 0 aromatic heterocycles. The van der Waals surface area contributed by atoms with Crippen molar-refractivity contribution in [1.82, 2.24) is 0 Å². The topological polar surface area (TPSA) is 94.9 Å². The summed E-state index contributed by atoms with van der Waals surface area (Å²) in [5.41, 5.74) is 1.33. The van der Waals surface area contributed by atoms with Crippen LogP contribution in [0.4, 0.5) is 0 Å². The van der Waals surface area contributed by atoms with E-state index in [1.165, 1.54) is 0 Å². The van der Waals surface area contributed by atoms with Crippen LogP contribution in [0.2, 0.25) is 0 Å². The lowest BCUT2D eigenvalue weighted by Crippen LogP contribution is -2.17. The molecule has 0 saturated carbocycles. The van der Waals surface area contributed by atoms with Crippen molar-refractivity contribution >= 4 is 11.8 Å². The number of nitriles is 1. The largest absolute Gasteiger partial charge is 0.490 e. The lowest BCUT2D eigenvalue weighted by Gasteiger charge is -2.18. The smallest absolute Gasteiger partial charge is 0.339 e. The van der Waals surface area contributed by atoms with Crippen LogP contribution in [-0.4, -0.2) is 38.2 Å². The second-order valence-corrected chi connectivity index (χ2v) is 6.85. The minimum absolute atomic E-state index is 0.00534. The van der Waals surface area contributed by atoms with Crippen LogP contribution in [0.25, 0.3) is 0 Å². The second kappa shape index (κ2) is 9.67. The van der Waals surface area contributed by atoms with Crippen molar-refractivity contribution in [2.75, 3.05) is 26.4 Å². The van der Waals surface area contributed by atoms with Gasteiger partial charge in [0, 0.05) is 11.1 Å². The molecule has 0 aliphatic carbocycles.